The standard InChI is InChI=1S/C21H30FN5O2/c1-13(2)12-29-21(28)20-19(16-9-15(22)3-4-18(16)26-20)17(23)11-27(24)10-14-5-7-25-8-6-14/h3-4,9,11,13-14,25-26H,5-8,10,12,23-24H2,1-2H3/b17-11-. The topological polar surface area (TPSA) is 109 Å². The molecular weight excluding hydrogens is 373 g/mol. The van der Waals surface area contributed by atoms with Crippen LogP contribution in [0.5, 0.6) is 0 Å². The first-order chi connectivity index (χ1) is 13.8. The minimum absolute atomic E-state index is 0.196. The average molecular weight is 404 g/mol. The fourth-order valence-corrected chi connectivity index (χ4v) is 3.59. The van der Waals surface area contributed by atoms with Gasteiger partial charge in [-0.1, -0.05) is 13.8 Å². The van der Waals surface area contributed by atoms with Gasteiger partial charge in [-0.25, -0.2) is 15.0 Å². The van der Waals surface area contributed by atoms with Crippen molar-refractivity contribution in [3.63, 3.8) is 0 Å². The fraction of sp³-hybridized carbons (Fsp3) is 0.476. The van der Waals surface area contributed by atoms with Gasteiger partial charge in [0.15, 0.2) is 0 Å². The average Bonchev–Trinajstić information content (AvgIpc) is 3.05. The second-order valence-electron chi connectivity index (χ2n) is 8.03. The first-order valence-corrected chi connectivity index (χ1v) is 10.0. The molecule has 1 aliphatic rings. The number of halogens is 1. The number of carbonyl (C=O) groups is 1. The number of hydrazine groups is 1. The number of carbonyl (C=O) groups excluding carboxylic acids is 1. The Morgan fingerprint density at radius 1 is 1.38 bits per heavy atom. The highest BCUT2D eigenvalue weighted by molar-refractivity contribution is 6.04. The number of piperidine rings is 1. The molecule has 0 unspecified atom stereocenters. The first kappa shape index (κ1) is 21.1. The molecule has 0 bridgehead atoms. The van der Waals surface area contributed by atoms with Gasteiger partial charge in [0.05, 0.1) is 12.3 Å². The van der Waals surface area contributed by atoms with Gasteiger partial charge in [-0.3, -0.25) is 0 Å². The van der Waals surface area contributed by atoms with Crippen LogP contribution in [0.3, 0.4) is 0 Å². The largest absolute Gasteiger partial charge is 0.461 e. The van der Waals surface area contributed by atoms with Crippen LogP contribution in [0.15, 0.2) is 24.4 Å². The summed E-state index contributed by atoms with van der Waals surface area (Å²) in [6, 6.07) is 4.27. The number of hydrogen-bond acceptors (Lipinski definition) is 6. The molecule has 0 aliphatic carbocycles. The van der Waals surface area contributed by atoms with E-state index in [1.54, 1.807) is 17.3 Å². The molecule has 0 radical (unpaired) electrons. The molecule has 0 spiro atoms. The summed E-state index contributed by atoms with van der Waals surface area (Å²) < 4.78 is 19.3. The maximum absolute atomic E-state index is 13.9. The number of hydrogen-bond donors (Lipinski definition) is 4. The zero-order chi connectivity index (χ0) is 21.0. The van der Waals surface area contributed by atoms with Gasteiger partial charge in [0.2, 0.25) is 0 Å². The number of aromatic amines is 1. The van der Waals surface area contributed by atoms with Gasteiger partial charge in [-0.15, -0.1) is 0 Å². The molecule has 29 heavy (non-hydrogen) atoms. The molecule has 158 valence electrons. The van der Waals surface area contributed by atoms with Crippen molar-refractivity contribution in [1.82, 2.24) is 15.3 Å². The lowest BCUT2D eigenvalue weighted by molar-refractivity contribution is 0.0452. The number of rotatable bonds is 7. The van der Waals surface area contributed by atoms with Gasteiger partial charge in [-0.05, 0) is 56.0 Å². The van der Waals surface area contributed by atoms with Crippen LogP contribution in [0.4, 0.5) is 4.39 Å². The Morgan fingerprint density at radius 2 is 2.10 bits per heavy atom. The zero-order valence-corrected chi connectivity index (χ0v) is 17.0. The van der Waals surface area contributed by atoms with Crippen LogP contribution < -0.4 is 16.9 Å². The highest BCUT2D eigenvalue weighted by Gasteiger charge is 2.22. The van der Waals surface area contributed by atoms with E-state index in [1.165, 1.54) is 12.1 Å². The molecule has 8 heteroatoms. The number of aromatic nitrogens is 1. The Kier molecular flexibility index (Phi) is 6.76. The highest BCUT2D eigenvalue weighted by atomic mass is 19.1. The molecule has 0 atom stereocenters. The molecule has 3 rings (SSSR count). The van der Waals surface area contributed by atoms with Crippen LogP contribution in [0.1, 0.15) is 42.7 Å². The van der Waals surface area contributed by atoms with E-state index in [2.05, 4.69) is 10.3 Å². The summed E-state index contributed by atoms with van der Waals surface area (Å²) in [5.74, 6) is 5.90. The van der Waals surface area contributed by atoms with Crippen molar-refractivity contribution in [2.45, 2.75) is 26.7 Å². The van der Waals surface area contributed by atoms with Crippen molar-refractivity contribution < 1.29 is 13.9 Å². The van der Waals surface area contributed by atoms with E-state index in [1.807, 2.05) is 13.8 Å². The normalized spacial score (nSPS) is 15.8. The van der Waals surface area contributed by atoms with E-state index in [4.69, 9.17) is 16.3 Å². The molecule has 1 saturated heterocycles. The number of nitrogens with zero attached hydrogens (tertiary/aromatic N) is 1. The number of benzene rings is 1. The van der Waals surface area contributed by atoms with E-state index in [9.17, 15) is 9.18 Å². The summed E-state index contributed by atoms with van der Waals surface area (Å²) in [6.07, 6.45) is 3.70. The Morgan fingerprint density at radius 3 is 2.79 bits per heavy atom. The second-order valence-corrected chi connectivity index (χ2v) is 8.03. The molecule has 1 aliphatic heterocycles. The summed E-state index contributed by atoms with van der Waals surface area (Å²) in [5, 5.41) is 5.39. The molecule has 2 heterocycles. The monoisotopic (exact) mass is 403 g/mol. The third-order valence-electron chi connectivity index (χ3n) is 5.03. The Bertz CT molecular complexity index is 887. The SMILES string of the molecule is CC(C)COC(=O)c1[nH]c2ccc(F)cc2c1/C(N)=C/N(N)CC1CCNCC1. The minimum atomic E-state index is -0.524. The van der Waals surface area contributed by atoms with E-state index in [-0.39, 0.29) is 23.9 Å². The number of fused-ring (bicyclic) bond motifs is 1. The predicted molar refractivity (Wildman–Crippen MR) is 112 cm³/mol. The lowest BCUT2D eigenvalue weighted by atomic mass is 9.98. The quantitative estimate of drug-likeness (QED) is 0.321. The second kappa shape index (κ2) is 9.28. The molecule has 2 aromatic rings. The number of nitrogens with two attached hydrogens (primary N) is 2. The maximum Gasteiger partial charge on any atom is 0.355 e. The summed E-state index contributed by atoms with van der Waals surface area (Å²) in [6.45, 7) is 6.80. The smallest absolute Gasteiger partial charge is 0.355 e. The molecule has 0 saturated carbocycles. The van der Waals surface area contributed by atoms with Crippen LogP contribution in [-0.4, -0.2) is 42.2 Å². The van der Waals surface area contributed by atoms with Gasteiger partial charge in [0, 0.05) is 29.2 Å². The molecule has 1 aromatic heterocycles. The first-order valence-electron chi connectivity index (χ1n) is 10.0. The number of ether oxygens (including phenoxy) is 1. The van der Waals surface area contributed by atoms with Crippen molar-refractivity contribution in [2.24, 2.45) is 23.4 Å². The minimum Gasteiger partial charge on any atom is -0.461 e. The fourth-order valence-electron chi connectivity index (χ4n) is 3.59. The lowest BCUT2D eigenvalue weighted by Crippen LogP contribution is -2.37. The van der Waals surface area contributed by atoms with Crippen molar-refractivity contribution in [3.05, 3.63) is 41.5 Å². The van der Waals surface area contributed by atoms with Crippen molar-refractivity contribution in [1.29, 1.82) is 0 Å². The third kappa shape index (κ3) is 5.27. The van der Waals surface area contributed by atoms with E-state index in [0.717, 1.165) is 25.9 Å². The Hall–Kier alpha value is -2.58. The van der Waals surface area contributed by atoms with E-state index >= 15 is 0 Å². The molecule has 6 N–H and O–H groups in total. The Balaban J connectivity index is 1.91. The van der Waals surface area contributed by atoms with Gasteiger partial charge in [0.1, 0.15) is 11.5 Å². The zero-order valence-electron chi connectivity index (χ0n) is 17.0. The maximum atomic E-state index is 13.9. The molecule has 7 nitrogen and oxygen atoms in total. The highest BCUT2D eigenvalue weighted by Crippen LogP contribution is 2.28. The molecule has 0 amide bonds. The molecule has 1 fully saturated rings. The summed E-state index contributed by atoms with van der Waals surface area (Å²) in [5.41, 5.74) is 7.84. The van der Waals surface area contributed by atoms with E-state index in [0.29, 0.717) is 28.9 Å². The van der Waals surface area contributed by atoms with Crippen molar-refractivity contribution >= 4 is 22.6 Å². The summed E-state index contributed by atoms with van der Waals surface area (Å²) >= 11 is 0. The van der Waals surface area contributed by atoms with Crippen LogP contribution in [0, 0.1) is 17.7 Å². The number of H-pyrrole nitrogens is 1. The molecule has 1 aromatic carbocycles. The van der Waals surface area contributed by atoms with Crippen LogP contribution >= 0.6 is 0 Å². The number of nitrogens with one attached hydrogen (secondary N) is 2. The van der Waals surface area contributed by atoms with Gasteiger partial charge in [0.25, 0.3) is 0 Å². The Labute approximate surface area is 170 Å². The lowest BCUT2D eigenvalue weighted by Gasteiger charge is -2.26. The summed E-state index contributed by atoms with van der Waals surface area (Å²) in [4.78, 5) is 15.7. The van der Waals surface area contributed by atoms with Gasteiger partial charge < -0.3 is 25.8 Å². The van der Waals surface area contributed by atoms with Gasteiger partial charge >= 0.3 is 5.97 Å². The van der Waals surface area contributed by atoms with Crippen molar-refractivity contribution in [3.8, 4) is 0 Å². The van der Waals surface area contributed by atoms with Crippen molar-refractivity contribution in [2.75, 3.05) is 26.2 Å². The summed E-state index contributed by atoms with van der Waals surface area (Å²) in [7, 11) is 0. The van der Waals surface area contributed by atoms with E-state index < -0.39 is 11.8 Å². The predicted octanol–water partition coefficient (Wildman–Crippen LogP) is 2.55. The van der Waals surface area contributed by atoms with Crippen LogP contribution in [0.25, 0.3) is 16.6 Å². The number of esters is 1. The van der Waals surface area contributed by atoms with Gasteiger partial charge in [-0.2, -0.15) is 0 Å². The van der Waals surface area contributed by atoms with Crippen LogP contribution in [0.2, 0.25) is 0 Å². The van der Waals surface area contributed by atoms with Crippen LogP contribution in [-0.2, 0) is 4.74 Å². The third-order valence-corrected chi connectivity index (χ3v) is 5.03. The molecular formula is C21H30FN5O2.